The van der Waals surface area contributed by atoms with Gasteiger partial charge in [0.05, 0.1) is 10.7 Å². The van der Waals surface area contributed by atoms with Crippen LogP contribution in [0.15, 0.2) is 24.4 Å². The number of carbonyl (C=O) groups excluding carboxylic acids is 1. The lowest BCUT2D eigenvalue weighted by molar-refractivity contribution is -0.111. The molecule has 20 heavy (non-hydrogen) atoms. The van der Waals surface area contributed by atoms with E-state index in [0.717, 1.165) is 5.69 Å². The maximum absolute atomic E-state index is 11.8. The summed E-state index contributed by atoms with van der Waals surface area (Å²) in [4.78, 5) is 15.7. The summed E-state index contributed by atoms with van der Waals surface area (Å²) in [5.41, 5.74) is 1.47. The molecule has 5 nitrogen and oxygen atoms in total. The Kier molecular flexibility index (Phi) is 4.42. The summed E-state index contributed by atoms with van der Waals surface area (Å²) < 4.78 is 1.55. The summed E-state index contributed by atoms with van der Waals surface area (Å²) in [6.45, 7) is 1.82. The van der Waals surface area contributed by atoms with Crippen LogP contribution in [0.1, 0.15) is 11.3 Å². The molecule has 2 aromatic heterocycles. The Hall–Kier alpha value is -1.85. The van der Waals surface area contributed by atoms with Gasteiger partial charge in [0.2, 0.25) is 5.91 Å². The molecule has 104 valence electrons. The number of halogens is 2. The SMILES string of the molecule is Cc1nn(C)c(Cl)c1/C=C/C(=O)Nc1ccc(Cl)cn1. The topological polar surface area (TPSA) is 59.8 Å². The normalized spacial score (nSPS) is 11.0. The van der Waals surface area contributed by atoms with Crippen molar-refractivity contribution in [2.75, 3.05) is 5.32 Å². The highest BCUT2D eigenvalue weighted by atomic mass is 35.5. The van der Waals surface area contributed by atoms with Crippen LogP contribution in [0.5, 0.6) is 0 Å². The number of nitrogens with one attached hydrogen (secondary N) is 1. The van der Waals surface area contributed by atoms with E-state index < -0.39 is 0 Å². The fourth-order valence-corrected chi connectivity index (χ4v) is 1.96. The molecule has 0 unspecified atom stereocenters. The second kappa shape index (κ2) is 6.07. The minimum absolute atomic E-state index is 0.306. The maximum atomic E-state index is 11.8. The van der Waals surface area contributed by atoms with Crippen LogP contribution in [-0.4, -0.2) is 20.7 Å². The average Bonchev–Trinajstić information content (AvgIpc) is 2.64. The van der Waals surface area contributed by atoms with Gasteiger partial charge >= 0.3 is 0 Å². The lowest BCUT2D eigenvalue weighted by atomic mass is 10.2. The van der Waals surface area contributed by atoms with E-state index in [4.69, 9.17) is 23.2 Å². The minimum Gasteiger partial charge on any atom is -0.307 e. The first kappa shape index (κ1) is 14.6. The first-order valence-corrected chi connectivity index (χ1v) is 6.52. The van der Waals surface area contributed by atoms with Crippen molar-refractivity contribution >= 4 is 41.0 Å². The number of carbonyl (C=O) groups is 1. The highest BCUT2D eigenvalue weighted by molar-refractivity contribution is 6.31. The number of hydrogen-bond donors (Lipinski definition) is 1. The van der Waals surface area contributed by atoms with Crippen molar-refractivity contribution in [3.63, 3.8) is 0 Å². The summed E-state index contributed by atoms with van der Waals surface area (Å²) in [7, 11) is 1.74. The van der Waals surface area contributed by atoms with E-state index in [9.17, 15) is 4.79 Å². The van der Waals surface area contributed by atoms with Crippen LogP contribution in [0.2, 0.25) is 10.2 Å². The van der Waals surface area contributed by atoms with Gasteiger partial charge in [0.1, 0.15) is 11.0 Å². The molecule has 0 aliphatic rings. The molecule has 2 rings (SSSR count). The van der Waals surface area contributed by atoms with Gasteiger partial charge in [-0.3, -0.25) is 9.48 Å². The molecule has 0 bridgehead atoms. The highest BCUT2D eigenvalue weighted by Gasteiger charge is 2.08. The van der Waals surface area contributed by atoms with E-state index in [1.807, 2.05) is 6.92 Å². The van der Waals surface area contributed by atoms with Crippen LogP contribution in [-0.2, 0) is 11.8 Å². The molecule has 7 heteroatoms. The molecule has 0 radical (unpaired) electrons. The Morgan fingerprint density at radius 2 is 2.15 bits per heavy atom. The standard InChI is InChI=1S/C13H12Cl2N4O/c1-8-10(13(15)19(2)18-8)4-6-12(20)17-11-5-3-9(14)7-16-11/h3-7H,1-2H3,(H,16,17,20)/b6-4+. The Bertz CT molecular complexity index is 662. The summed E-state index contributed by atoms with van der Waals surface area (Å²) >= 11 is 11.8. The second-order valence-corrected chi connectivity index (χ2v) is 4.89. The molecule has 0 aromatic carbocycles. The van der Waals surface area contributed by atoms with Gasteiger partial charge in [0, 0.05) is 24.9 Å². The predicted octanol–water partition coefficient (Wildman–Crippen LogP) is 3.08. The molecule has 0 saturated carbocycles. The fraction of sp³-hybridized carbons (Fsp3) is 0.154. The number of aromatic nitrogens is 3. The molecule has 0 fully saturated rings. The minimum atomic E-state index is -0.306. The zero-order chi connectivity index (χ0) is 14.7. The Labute approximate surface area is 126 Å². The smallest absolute Gasteiger partial charge is 0.249 e. The van der Waals surface area contributed by atoms with Crippen molar-refractivity contribution in [1.82, 2.24) is 14.8 Å². The second-order valence-electron chi connectivity index (χ2n) is 4.10. The number of rotatable bonds is 3. The predicted molar refractivity (Wildman–Crippen MR) is 79.9 cm³/mol. The Morgan fingerprint density at radius 3 is 2.70 bits per heavy atom. The zero-order valence-corrected chi connectivity index (χ0v) is 12.4. The molecule has 0 aliphatic carbocycles. The Morgan fingerprint density at radius 1 is 1.40 bits per heavy atom. The van der Waals surface area contributed by atoms with E-state index in [1.54, 1.807) is 29.9 Å². The first-order chi connectivity index (χ1) is 9.47. The van der Waals surface area contributed by atoms with Crippen LogP contribution in [0, 0.1) is 6.92 Å². The van der Waals surface area contributed by atoms with Crippen molar-refractivity contribution in [3.05, 3.63) is 45.8 Å². The number of hydrogen-bond acceptors (Lipinski definition) is 3. The summed E-state index contributed by atoms with van der Waals surface area (Å²) in [5.74, 6) is 0.122. The van der Waals surface area contributed by atoms with Gasteiger partial charge in [0.15, 0.2) is 0 Å². The van der Waals surface area contributed by atoms with Gasteiger partial charge in [-0.25, -0.2) is 4.98 Å². The molecule has 2 aromatic rings. The van der Waals surface area contributed by atoms with E-state index >= 15 is 0 Å². The lowest BCUT2D eigenvalue weighted by Gasteiger charge is -2.00. The third kappa shape index (κ3) is 3.37. The van der Waals surface area contributed by atoms with Crippen LogP contribution in [0.4, 0.5) is 5.82 Å². The van der Waals surface area contributed by atoms with Crippen molar-refractivity contribution in [2.45, 2.75) is 6.92 Å². The number of pyridine rings is 1. The molecule has 0 spiro atoms. The van der Waals surface area contributed by atoms with Crippen molar-refractivity contribution < 1.29 is 4.79 Å². The largest absolute Gasteiger partial charge is 0.307 e. The van der Waals surface area contributed by atoms with Crippen LogP contribution in [0.3, 0.4) is 0 Å². The molecule has 2 heterocycles. The van der Waals surface area contributed by atoms with Gasteiger partial charge < -0.3 is 5.32 Å². The molecule has 0 atom stereocenters. The number of nitrogens with zero attached hydrogens (tertiary/aromatic N) is 3. The first-order valence-electron chi connectivity index (χ1n) is 5.77. The number of amides is 1. The van der Waals surface area contributed by atoms with Crippen molar-refractivity contribution in [3.8, 4) is 0 Å². The van der Waals surface area contributed by atoms with E-state index in [2.05, 4.69) is 15.4 Å². The number of aryl methyl sites for hydroxylation is 2. The number of anilines is 1. The maximum Gasteiger partial charge on any atom is 0.249 e. The van der Waals surface area contributed by atoms with Crippen LogP contribution < -0.4 is 5.32 Å². The van der Waals surface area contributed by atoms with Crippen LogP contribution >= 0.6 is 23.2 Å². The van der Waals surface area contributed by atoms with Gasteiger partial charge in [-0.1, -0.05) is 23.2 Å². The highest BCUT2D eigenvalue weighted by Crippen LogP contribution is 2.20. The monoisotopic (exact) mass is 310 g/mol. The van der Waals surface area contributed by atoms with Crippen molar-refractivity contribution in [1.29, 1.82) is 0 Å². The summed E-state index contributed by atoms with van der Waals surface area (Å²) in [6, 6.07) is 3.27. The molecule has 1 amide bonds. The summed E-state index contributed by atoms with van der Waals surface area (Å²) in [5, 5.41) is 7.77. The van der Waals surface area contributed by atoms with E-state index in [1.165, 1.54) is 12.3 Å². The van der Waals surface area contributed by atoms with Crippen molar-refractivity contribution in [2.24, 2.45) is 7.05 Å². The average molecular weight is 311 g/mol. The van der Waals surface area contributed by atoms with Gasteiger partial charge in [-0.2, -0.15) is 5.10 Å². The lowest BCUT2D eigenvalue weighted by Crippen LogP contribution is -2.08. The van der Waals surface area contributed by atoms with Gasteiger partial charge in [0.25, 0.3) is 0 Å². The molecule has 0 saturated heterocycles. The third-order valence-electron chi connectivity index (χ3n) is 2.58. The zero-order valence-electron chi connectivity index (χ0n) is 10.9. The van der Waals surface area contributed by atoms with Gasteiger partial charge in [-0.05, 0) is 25.1 Å². The molecule has 1 N–H and O–H groups in total. The third-order valence-corrected chi connectivity index (χ3v) is 3.25. The Balaban J connectivity index is 2.07. The van der Waals surface area contributed by atoms with E-state index in [0.29, 0.717) is 21.6 Å². The summed E-state index contributed by atoms with van der Waals surface area (Å²) in [6.07, 6.45) is 4.46. The van der Waals surface area contributed by atoms with E-state index in [-0.39, 0.29) is 5.91 Å². The van der Waals surface area contributed by atoms with Crippen LogP contribution in [0.25, 0.3) is 6.08 Å². The molecular formula is C13H12Cl2N4O. The molecular weight excluding hydrogens is 299 g/mol. The van der Waals surface area contributed by atoms with Gasteiger partial charge in [-0.15, -0.1) is 0 Å². The quantitative estimate of drug-likeness (QED) is 0.886. The molecule has 0 aliphatic heterocycles. The fourth-order valence-electron chi connectivity index (χ4n) is 1.61.